The molecule has 2 aliphatic rings. The van der Waals surface area contributed by atoms with Gasteiger partial charge in [-0.1, -0.05) is 33.1 Å². The monoisotopic (exact) mass is 263 g/mol. The van der Waals surface area contributed by atoms with Gasteiger partial charge in [0.25, 0.3) is 0 Å². The van der Waals surface area contributed by atoms with E-state index in [0.717, 1.165) is 31.5 Å². The summed E-state index contributed by atoms with van der Waals surface area (Å²) in [6.07, 6.45) is 7.97. The van der Waals surface area contributed by atoms with E-state index in [0.29, 0.717) is 0 Å². The summed E-state index contributed by atoms with van der Waals surface area (Å²) in [5.41, 5.74) is 0. The minimum atomic E-state index is 0.136. The summed E-state index contributed by atoms with van der Waals surface area (Å²) >= 11 is 0. The second-order valence-corrected chi connectivity index (χ2v) is 6.22. The third kappa shape index (κ3) is 3.70. The Labute approximate surface area is 118 Å². The smallest absolute Gasteiger partial charge is 0.0976 e. The molecule has 0 aromatic carbocycles. The van der Waals surface area contributed by atoms with Crippen LogP contribution in [0.5, 0.6) is 0 Å². The molecule has 3 heteroatoms. The van der Waals surface area contributed by atoms with Crippen LogP contribution in [0.25, 0.3) is 0 Å². The Morgan fingerprint density at radius 3 is 2.47 bits per heavy atom. The maximum Gasteiger partial charge on any atom is 0.0976 e. The summed E-state index contributed by atoms with van der Waals surface area (Å²) < 4.78 is 0. The van der Waals surface area contributed by atoms with Crippen molar-refractivity contribution in [3.63, 3.8) is 0 Å². The summed E-state index contributed by atoms with van der Waals surface area (Å²) in [5, 5.41) is 9.15. The molecule has 0 aromatic rings. The first-order valence-corrected chi connectivity index (χ1v) is 8.16. The van der Waals surface area contributed by atoms with Gasteiger partial charge in [0.1, 0.15) is 0 Å². The van der Waals surface area contributed by atoms with E-state index in [-0.39, 0.29) is 6.04 Å². The van der Waals surface area contributed by atoms with Gasteiger partial charge in [0.05, 0.1) is 12.1 Å². The second-order valence-electron chi connectivity index (χ2n) is 6.22. The molecule has 0 amide bonds. The van der Waals surface area contributed by atoms with Gasteiger partial charge in [-0.05, 0) is 25.2 Å². The molecule has 0 bridgehead atoms. The van der Waals surface area contributed by atoms with Crippen LogP contribution in [-0.4, -0.2) is 48.1 Å². The topological polar surface area (TPSA) is 30.3 Å². The van der Waals surface area contributed by atoms with Gasteiger partial charge in [0, 0.05) is 32.2 Å². The van der Waals surface area contributed by atoms with Crippen LogP contribution in [-0.2, 0) is 0 Å². The molecule has 108 valence electrons. The van der Waals surface area contributed by atoms with Gasteiger partial charge < -0.3 is 0 Å². The van der Waals surface area contributed by atoms with E-state index in [4.69, 9.17) is 5.26 Å². The fourth-order valence-electron chi connectivity index (χ4n) is 3.81. The summed E-state index contributed by atoms with van der Waals surface area (Å²) in [4.78, 5) is 5.07. The molecule has 19 heavy (non-hydrogen) atoms. The zero-order valence-corrected chi connectivity index (χ0v) is 12.6. The first kappa shape index (κ1) is 14.8. The molecule has 0 N–H and O–H groups in total. The van der Waals surface area contributed by atoms with E-state index < -0.39 is 0 Å². The van der Waals surface area contributed by atoms with Crippen molar-refractivity contribution in [1.29, 1.82) is 5.26 Å². The van der Waals surface area contributed by atoms with Gasteiger partial charge in [0.15, 0.2) is 0 Å². The molecule has 1 saturated heterocycles. The van der Waals surface area contributed by atoms with E-state index in [9.17, 15) is 0 Å². The average molecular weight is 263 g/mol. The second kappa shape index (κ2) is 7.26. The summed E-state index contributed by atoms with van der Waals surface area (Å²) in [6.45, 7) is 8.95. The highest BCUT2D eigenvalue weighted by Gasteiger charge is 2.29. The Balaban J connectivity index is 1.81. The molecular weight excluding hydrogens is 234 g/mol. The van der Waals surface area contributed by atoms with E-state index in [1.165, 1.54) is 45.2 Å². The molecule has 3 unspecified atom stereocenters. The Bertz CT molecular complexity index is 302. The van der Waals surface area contributed by atoms with Crippen molar-refractivity contribution >= 4 is 0 Å². The highest BCUT2D eigenvalue weighted by atomic mass is 15.3. The normalized spacial score (nSPS) is 31.8. The summed E-state index contributed by atoms with van der Waals surface area (Å²) in [5.74, 6) is 0.958. The van der Waals surface area contributed by atoms with Crippen LogP contribution in [0.3, 0.4) is 0 Å². The fraction of sp³-hybridized carbons (Fsp3) is 0.938. The Kier molecular flexibility index (Phi) is 5.66. The molecule has 0 radical (unpaired) electrons. The quantitative estimate of drug-likeness (QED) is 0.781. The predicted octanol–water partition coefficient (Wildman–Crippen LogP) is 2.87. The van der Waals surface area contributed by atoms with Crippen LogP contribution in [0.4, 0.5) is 0 Å². The zero-order chi connectivity index (χ0) is 13.7. The minimum absolute atomic E-state index is 0.136. The molecule has 2 rings (SSSR count). The van der Waals surface area contributed by atoms with Crippen LogP contribution in [0, 0.1) is 17.2 Å². The summed E-state index contributed by atoms with van der Waals surface area (Å²) in [7, 11) is 0. The molecule has 1 heterocycles. The number of hydrogen-bond acceptors (Lipinski definition) is 3. The van der Waals surface area contributed by atoms with Gasteiger partial charge in [-0.2, -0.15) is 5.26 Å². The fourth-order valence-corrected chi connectivity index (χ4v) is 3.81. The van der Waals surface area contributed by atoms with Gasteiger partial charge in [-0.3, -0.25) is 9.80 Å². The molecule has 0 spiro atoms. The molecule has 1 saturated carbocycles. The molecule has 3 atom stereocenters. The van der Waals surface area contributed by atoms with Gasteiger partial charge in [-0.15, -0.1) is 0 Å². The van der Waals surface area contributed by atoms with Gasteiger partial charge >= 0.3 is 0 Å². The summed E-state index contributed by atoms with van der Waals surface area (Å²) in [6, 6.07) is 3.40. The number of piperazine rings is 1. The molecule has 3 nitrogen and oxygen atoms in total. The van der Waals surface area contributed by atoms with Gasteiger partial charge in [-0.25, -0.2) is 0 Å². The number of nitriles is 1. The lowest BCUT2D eigenvalue weighted by molar-refractivity contribution is 0.0562. The SMILES string of the molecule is CCC1CCCC(N2CCN(C(C#N)CC)CC2)C1. The standard InChI is InChI=1S/C16H29N3/c1-3-14-6-5-7-16(12-14)19-10-8-18(9-11-19)15(4-2)13-17/h14-16H,3-12H2,1-2H3. The minimum Gasteiger partial charge on any atom is -0.298 e. The largest absolute Gasteiger partial charge is 0.298 e. The average Bonchev–Trinajstić information content (AvgIpc) is 2.49. The Morgan fingerprint density at radius 2 is 1.89 bits per heavy atom. The van der Waals surface area contributed by atoms with Crippen molar-refractivity contribution in [2.45, 2.75) is 64.5 Å². The molecule has 1 aliphatic carbocycles. The van der Waals surface area contributed by atoms with E-state index in [1.807, 2.05) is 0 Å². The number of rotatable bonds is 4. The van der Waals surface area contributed by atoms with E-state index in [1.54, 1.807) is 0 Å². The van der Waals surface area contributed by atoms with Crippen LogP contribution in [0.15, 0.2) is 0 Å². The van der Waals surface area contributed by atoms with Crippen molar-refractivity contribution in [2.75, 3.05) is 26.2 Å². The van der Waals surface area contributed by atoms with E-state index in [2.05, 4.69) is 29.7 Å². The van der Waals surface area contributed by atoms with Crippen molar-refractivity contribution < 1.29 is 0 Å². The number of nitrogens with zero attached hydrogens (tertiary/aromatic N) is 3. The maximum absolute atomic E-state index is 9.15. The lowest BCUT2D eigenvalue weighted by atomic mass is 9.83. The Morgan fingerprint density at radius 1 is 1.16 bits per heavy atom. The molecule has 1 aliphatic heterocycles. The lowest BCUT2D eigenvalue weighted by Crippen LogP contribution is -2.53. The Hall–Kier alpha value is -0.590. The predicted molar refractivity (Wildman–Crippen MR) is 78.9 cm³/mol. The maximum atomic E-state index is 9.15. The molecule has 2 fully saturated rings. The van der Waals surface area contributed by atoms with Crippen LogP contribution in [0.1, 0.15) is 52.4 Å². The van der Waals surface area contributed by atoms with E-state index >= 15 is 0 Å². The van der Waals surface area contributed by atoms with Crippen molar-refractivity contribution in [1.82, 2.24) is 9.80 Å². The zero-order valence-electron chi connectivity index (χ0n) is 12.6. The highest BCUT2D eigenvalue weighted by molar-refractivity contribution is 4.93. The third-order valence-corrected chi connectivity index (χ3v) is 5.17. The third-order valence-electron chi connectivity index (χ3n) is 5.17. The first-order chi connectivity index (χ1) is 9.28. The number of hydrogen-bond donors (Lipinski definition) is 0. The molecule has 0 aromatic heterocycles. The van der Waals surface area contributed by atoms with Crippen molar-refractivity contribution in [3.8, 4) is 6.07 Å². The van der Waals surface area contributed by atoms with Gasteiger partial charge in [0.2, 0.25) is 0 Å². The lowest BCUT2D eigenvalue weighted by Gasteiger charge is -2.43. The molecular formula is C16H29N3. The van der Waals surface area contributed by atoms with Crippen molar-refractivity contribution in [2.24, 2.45) is 5.92 Å². The van der Waals surface area contributed by atoms with Crippen LogP contribution >= 0.6 is 0 Å². The first-order valence-electron chi connectivity index (χ1n) is 8.16. The van der Waals surface area contributed by atoms with Crippen molar-refractivity contribution in [3.05, 3.63) is 0 Å². The van der Waals surface area contributed by atoms with Crippen LogP contribution in [0.2, 0.25) is 0 Å². The highest BCUT2D eigenvalue weighted by Crippen LogP contribution is 2.30. The van der Waals surface area contributed by atoms with Crippen LogP contribution < -0.4 is 0 Å².